The number of ether oxygens (including phenoxy) is 2. The topological polar surface area (TPSA) is 86.5 Å². The lowest BCUT2D eigenvalue weighted by Crippen LogP contribution is -2.48. The average Bonchev–Trinajstić information content (AvgIpc) is 2.58. The molecule has 6 nitrogen and oxygen atoms in total. The zero-order chi connectivity index (χ0) is 17.6. The number of hydrogen-bond acceptors (Lipinski definition) is 5. The molecule has 26 heavy (non-hydrogen) atoms. The molecule has 0 bridgehead atoms. The van der Waals surface area contributed by atoms with Crippen molar-refractivity contribution < 1.29 is 27.4 Å². The molecule has 1 fully saturated rings. The van der Waals surface area contributed by atoms with Crippen LogP contribution >= 0.6 is 24.8 Å². The summed E-state index contributed by atoms with van der Waals surface area (Å²) < 4.78 is 46.3. The summed E-state index contributed by atoms with van der Waals surface area (Å²) in [6.45, 7) is -0.0679. The van der Waals surface area contributed by atoms with Gasteiger partial charge in [-0.05, 0) is 24.5 Å². The third kappa shape index (κ3) is 7.14. The highest BCUT2D eigenvalue weighted by molar-refractivity contribution is 5.85. The van der Waals surface area contributed by atoms with Crippen molar-refractivity contribution in [1.29, 1.82) is 0 Å². The number of aromatic nitrogens is 1. The Balaban J connectivity index is 0.00000312. The second kappa shape index (κ2) is 10.8. The molecule has 0 atom stereocenters. The molecule has 11 heteroatoms. The van der Waals surface area contributed by atoms with Crippen LogP contribution < -0.4 is 15.8 Å². The van der Waals surface area contributed by atoms with Crippen LogP contribution in [0, 0.1) is 5.41 Å². The van der Waals surface area contributed by atoms with E-state index in [4.69, 9.17) is 10.5 Å². The number of carbonyl (C=O) groups excluding carboxylic acids is 1. The number of alkyl halides is 3. The number of pyridine rings is 1. The van der Waals surface area contributed by atoms with Gasteiger partial charge in [-0.25, -0.2) is 4.98 Å². The Labute approximate surface area is 161 Å². The van der Waals surface area contributed by atoms with E-state index in [2.05, 4.69) is 15.0 Å². The standard InChI is InChI=1S/C15H20F3N3O3.2ClH/c16-15(17,18)10-24-12-7-11(1-4-20-12)8-21-13(22)14(9-19)2-5-23-6-3-14;;/h1,4,7H,2-3,5-6,8-10,19H2,(H,21,22);2*1H. The van der Waals surface area contributed by atoms with E-state index in [9.17, 15) is 18.0 Å². The molecule has 2 heterocycles. The summed E-state index contributed by atoms with van der Waals surface area (Å²) in [6, 6.07) is 2.96. The minimum absolute atomic E-state index is 0. The molecular formula is C15H22Cl2F3N3O3. The first kappa shape index (κ1) is 24.7. The third-order valence-electron chi connectivity index (χ3n) is 3.96. The van der Waals surface area contributed by atoms with Gasteiger partial charge < -0.3 is 20.5 Å². The summed E-state index contributed by atoms with van der Waals surface area (Å²) in [5.74, 6) is -0.318. The summed E-state index contributed by atoms with van der Waals surface area (Å²) in [5.41, 5.74) is 5.70. The van der Waals surface area contributed by atoms with Gasteiger partial charge in [-0.15, -0.1) is 24.8 Å². The van der Waals surface area contributed by atoms with Gasteiger partial charge in [0.15, 0.2) is 6.61 Å². The van der Waals surface area contributed by atoms with Gasteiger partial charge in [0, 0.05) is 38.6 Å². The summed E-state index contributed by atoms with van der Waals surface area (Å²) in [4.78, 5) is 16.1. The minimum atomic E-state index is -4.43. The van der Waals surface area contributed by atoms with E-state index in [1.807, 2.05) is 0 Å². The lowest BCUT2D eigenvalue weighted by atomic mass is 9.79. The van der Waals surface area contributed by atoms with Crippen LogP contribution in [0.4, 0.5) is 13.2 Å². The summed E-state index contributed by atoms with van der Waals surface area (Å²) >= 11 is 0. The highest BCUT2D eigenvalue weighted by Crippen LogP contribution is 2.29. The first-order valence-electron chi connectivity index (χ1n) is 7.55. The van der Waals surface area contributed by atoms with Crippen LogP contribution in [-0.4, -0.2) is 43.4 Å². The summed E-state index contributed by atoms with van der Waals surface area (Å²) in [7, 11) is 0. The van der Waals surface area contributed by atoms with Crippen molar-refractivity contribution in [3.8, 4) is 5.88 Å². The van der Waals surface area contributed by atoms with Crippen LogP contribution in [0.5, 0.6) is 5.88 Å². The molecule has 1 aromatic rings. The van der Waals surface area contributed by atoms with Crippen LogP contribution in [-0.2, 0) is 16.1 Å². The second-order valence-corrected chi connectivity index (χ2v) is 5.69. The average molecular weight is 420 g/mol. The molecule has 0 radical (unpaired) electrons. The fraction of sp³-hybridized carbons (Fsp3) is 0.600. The molecule has 3 N–H and O–H groups in total. The van der Waals surface area contributed by atoms with Crippen molar-refractivity contribution >= 4 is 30.7 Å². The van der Waals surface area contributed by atoms with Gasteiger partial charge in [0.05, 0.1) is 5.41 Å². The van der Waals surface area contributed by atoms with Gasteiger partial charge in [0.2, 0.25) is 11.8 Å². The predicted molar refractivity (Wildman–Crippen MR) is 93.7 cm³/mol. The second-order valence-electron chi connectivity index (χ2n) is 5.69. The Kier molecular flexibility index (Phi) is 10.2. The molecule has 1 amide bonds. The van der Waals surface area contributed by atoms with Crippen molar-refractivity contribution in [2.75, 3.05) is 26.4 Å². The van der Waals surface area contributed by atoms with Gasteiger partial charge in [0.1, 0.15) is 0 Å². The van der Waals surface area contributed by atoms with E-state index in [0.29, 0.717) is 31.6 Å². The van der Waals surface area contributed by atoms with Crippen molar-refractivity contribution in [3.63, 3.8) is 0 Å². The van der Waals surface area contributed by atoms with E-state index in [1.165, 1.54) is 12.3 Å². The SMILES string of the molecule is Cl.Cl.NCC1(C(=O)NCc2ccnc(OCC(F)(F)F)c2)CCOCC1. The molecular weight excluding hydrogens is 398 g/mol. The van der Waals surface area contributed by atoms with Crippen LogP contribution in [0.3, 0.4) is 0 Å². The maximum Gasteiger partial charge on any atom is 0.422 e. The summed E-state index contributed by atoms with van der Waals surface area (Å²) in [5, 5.41) is 2.78. The zero-order valence-corrected chi connectivity index (χ0v) is 15.5. The first-order chi connectivity index (χ1) is 11.3. The monoisotopic (exact) mass is 419 g/mol. The molecule has 150 valence electrons. The smallest absolute Gasteiger partial charge is 0.422 e. The van der Waals surface area contributed by atoms with Crippen molar-refractivity contribution in [2.24, 2.45) is 11.1 Å². The van der Waals surface area contributed by atoms with Crippen LogP contribution in [0.2, 0.25) is 0 Å². The molecule has 0 unspecified atom stereocenters. The van der Waals surface area contributed by atoms with E-state index < -0.39 is 18.2 Å². The minimum Gasteiger partial charge on any atom is -0.468 e. The van der Waals surface area contributed by atoms with Gasteiger partial charge in [0.25, 0.3) is 0 Å². The van der Waals surface area contributed by atoms with E-state index >= 15 is 0 Å². The molecule has 1 aliphatic heterocycles. The third-order valence-corrected chi connectivity index (χ3v) is 3.96. The lowest BCUT2D eigenvalue weighted by molar-refractivity contribution is -0.154. The lowest BCUT2D eigenvalue weighted by Gasteiger charge is -2.34. The van der Waals surface area contributed by atoms with Crippen molar-refractivity contribution in [3.05, 3.63) is 23.9 Å². The number of halogens is 5. The summed E-state index contributed by atoms with van der Waals surface area (Å²) in [6.07, 6.45) is -2.00. The predicted octanol–water partition coefficient (Wildman–Crippen LogP) is 2.24. The zero-order valence-electron chi connectivity index (χ0n) is 13.9. The molecule has 1 aliphatic rings. The fourth-order valence-electron chi connectivity index (χ4n) is 2.45. The fourth-order valence-corrected chi connectivity index (χ4v) is 2.45. The maximum atomic E-state index is 12.4. The quantitative estimate of drug-likeness (QED) is 0.738. The van der Waals surface area contributed by atoms with Crippen LogP contribution in [0.1, 0.15) is 18.4 Å². The molecule has 1 aromatic heterocycles. The van der Waals surface area contributed by atoms with Gasteiger partial charge >= 0.3 is 6.18 Å². The Morgan fingerprint density at radius 1 is 1.35 bits per heavy atom. The van der Waals surface area contributed by atoms with Crippen LogP contribution in [0.15, 0.2) is 18.3 Å². The maximum absolute atomic E-state index is 12.4. The first-order valence-corrected chi connectivity index (χ1v) is 7.55. The number of nitrogens with zero attached hydrogens (tertiary/aromatic N) is 1. The van der Waals surface area contributed by atoms with E-state index in [1.54, 1.807) is 6.07 Å². The van der Waals surface area contributed by atoms with Gasteiger partial charge in [-0.2, -0.15) is 13.2 Å². The van der Waals surface area contributed by atoms with Crippen molar-refractivity contribution in [1.82, 2.24) is 10.3 Å². The number of rotatable bonds is 6. The molecule has 2 rings (SSSR count). The molecule has 0 saturated carbocycles. The largest absolute Gasteiger partial charge is 0.468 e. The Bertz CT molecular complexity index is 571. The Morgan fingerprint density at radius 2 is 2.00 bits per heavy atom. The van der Waals surface area contributed by atoms with Crippen LogP contribution in [0.25, 0.3) is 0 Å². The molecule has 0 aromatic carbocycles. The normalized spacial score (nSPS) is 16.0. The number of nitrogens with two attached hydrogens (primary N) is 1. The van der Waals surface area contributed by atoms with Gasteiger partial charge in [-0.1, -0.05) is 0 Å². The Morgan fingerprint density at radius 3 is 2.58 bits per heavy atom. The Hall–Kier alpha value is -1.29. The highest BCUT2D eigenvalue weighted by Gasteiger charge is 2.38. The molecule has 0 spiro atoms. The number of nitrogens with one attached hydrogen (secondary N) is 1. The molecule has 0 aliphatic carbocycles. The number of amides is 1. The van der Waals surface area contributed by atoms with Gasteiger partial charge in [-0.3, -0.25) is 4.79 Å². The van der Waals surface area contributed by atoms with E-state index in [0.717, 1.165) is 0 Å². The number of carbonyl (C=O) groups is 1. The molecule has 1 saturated heterocycles. The number of hydrogen-bond donors (Lipinski definition) is 2. The van der Waals surface area contributed by atoms with E-state index in [-0.39, 0.29) is 49.7 Å². The van der Waals surface area contributed by atoms with Crippen molar-refractivity contribution in [2.45, 2.75) is 25.6 Å². The highest BCUT2D eigenvalue weighted by atomic mass is 35.5.